The topological polar surface area (TPSA) is 26.0 Å². The molecule has 0 bridgehead atoms. The van der Waals surface area contributed by atoms with Crippen LogP contribution in [-0.4, -0.2) is 0 Å². The van der Waals surface area contributed by atoms with Crippen molar-refractivity contribution < 1.29 is 4.39 Å². The zero-order chi connectivity index (χ0) is 10.2. The Hall–Kier alpha value is -0.180. The van der Waals surface area contributed by atoms with Crippen molar-refractivity contribution >= 4 is 40.5 Å². The van der Waals surface area contributed by atoms with Crippen LogP contribution in [0.3, 0.4) is 0 Å². The molecule has 5 heteroatoms. The number of nitrogens with two attached hydrogens (primary N) is 1. The van der Waals surface area contributed by atoms with E-state index in [0.29, 0.717) is 12.0 Å². The molecule has 0 unspecified atom stereocenters. The van der Waals surface area contributed by atoms with Crippen molar-refractivity contribution in [2.45, 2.75) is 13.3 Å². The quantitative estimate of drug-likeness (QED) is 0.451. The van der Waals surface area contributed by atoms with Gasteiger partial charge in [-0.1, -0.05) is 41.7 Å². The maximum atomic E-state index is 13.1. The Morgan fingerprint density at radius 1 is 1.15 bits per heavy atom. The molecule has 0 spiro atoms. The lowest BCUT2D eigenvalue weighted by molar-refractivity contribution is 0.632. The number of anilines is 1. The van der Waals surface area contributed by atoms with Gasteiger partial charge in [0.15, 0.2) is 5.82 Å². The minimum atomic E-state index is -0.756. The van der Waals surface area contributed by atoms with Gasteiger partial charge in [0.1, 0.15) is 0 Å². The van der Waals surface area contributed by atoms with Crippen LogP contribution in [0.5, 0.6) is 0 Å². The Labute approximate surface area is 90.6 Å². The maximum absolute atomic E-state index is 13.1. The molecule has 0 atom stereocenters. The lowest BCUT2D eigenvalue weighted by Crippen LogP contribution is -1.98. The van der Waals surface area contributed by atoms with Gasteiger partial charge in [0, 0.05) is 0 Å². The van der Waals surface area contributed by atoms with E-state index in [1.54, 1.807) is 0 Å². The van der Waals surface area contributed by atoms with Gasteiger partial charge in [0.2, 0.25) is 0 Å². The average Bonchev–Trinajstić information content (AvgIpc) is 2.13. The van der Waals surface area contributed by atoms with Gasteiger partial charge >= 0.3 is 0 Å². The zero-order valence-electron chi connectivity index (χ0n) is 6.80. The van der Waals surface area contributed by atoms with E-state index in [-0.39, 0.29) is 20.8 Å². The van der Waals surface area contributed by atoms with Crippen molar-refractivity contribution in [1.82, 2.24) is 0 Å². The molecule has 0 aliphatic carbocycles. The summed E-state index contributed by atoms with van der Waals surface area (Å²) < 4.78 is 13.1. The molecule has 0 amide bonds. The fourth-order valence-electron chi connectivity index (χ4n) is 1.01. The molecule has 0 heterocycles. The van der Waals surface area contributed by atoms with Crippen LogP contribution in [0.25, 0.3) is 0 Å². The lowest BCUT2D eigenvalue weighted by Gasteiger charge is -2.10. The number of benzene rings is 1. The molecule has 0 aliphatic rings. The van der Waals surface area contributed by atoms with Crippen molar-refractivity contribution in [3.63, 3.8) is 0 Å². The van der Waals surface area contributed by atoms with Crippen LogP contribution >= 0.6 is 34.8 Å². The summed E-state index contributed by atoms with van der Waals surface area (Å²) in [6.07, 6.45) is 0.557. The minimum Gasteiger partial charge on any atom is -0.395 e. The molecule has 1 aromatic carbocycles. The molecule has 72 valence electrons. The first kappa shape index (κ1) is 10.9. The SMILES string of the molecule is CCc1c(Cl)c(N)c(F)c(Cl)c1Cl. The van der Waals surface area contributed by atoms with Crippen molar-refractivity contribution in [1.29, 1.82) is 0 Å². The Bertz CT molecular complexity index is 323. The van der Waals surface area contributed by atoms with Crippen molar-refractivity contribution in [3.8, 4) is 0 Å². The Morgan fingerprint density at radius 3 is 2.15 bits per heavy atom. The molecular formula is C8H7Cl3FN. The average molecular weight is 243 g/mol. The van der Waals surface area contributed by atoms with Crippen LogP contribution in [0.2, 0.25) is 15.1 Å². The highest BCUT2D eigenvalue weighted by Crippen LogP contribution is 2.38. The van der Waals surface area contributed by atoms with Gasteiger partial charge < -0.3 is 5.73 Å². The van der Waals surface area contributed by atoms with Gasteiger partial charge in [-0.05, 0) is 12.0 Å². The molecule has 0 radical (unpaired) electrons. The first-order valence-corrected chi connectivity index (χ1v) is 4.74. The fourth-order valence-corrected chi connectivity index (χ4v) is 1.90. The smallest absolute Gasteiger partial charge is 0.167 e. The van der Waals surface area contributed by atoms with Crippen LogP contribution < -0.4 is 5.73 Å². The van der Waals surface area contributed by atoms with Gasteiger partial charge in [-0.25, -0.2) is 4.39 Å². The molecule has 1 aromatic rings. The molecular weight excluding hydrogens is 235 g/mol. The molecule has 0 fully saturated rings. The van der Waals surface area contributed by atoms with Gasteiger partial charge in [0.25, 0.3) is 0 Å². The summed E-state index contributed by atoms with van der Waals surface area (Å²) >= 11 is 17.1. The van der Waals surface area contributed by atoms with Crippen LogP contribution in [0, 0.1) is 5.82 Å². The summed E-state index contributed by atoms with van der Waals surface area (Å²) in [6.45, 7) is 1.83. The molecule has 0 saturated carbocycles. The number of rotatable bonds is 1. The summed E-state index contributed by atoms with van der Waals surface area (Å²) in [7, 11) is 0. The molecule has 1 nitrogen and oxygen atoms in total. The summed E-state index contributed by atoms with van der Waals surface area (Å²) in [5.74, 6) is -0.756. The van der Waals surface area contributed by atoms with Crippen LogP contribution in [0.15, 0.2) is 0 Å². The highest BCUT2D eigenvalue weighted by molar-refractivity contribution is 6.45. The lowest BCUT2D eigenvalue weighted by atomic mass is 10.1. The number of halogens is 4. The van der Waals surface area contributed by atoms with Crippen molar-refractivity contribution in [3.05, 3.63) is 26.4 Å². The zero-order valence-corrected chi connectivity index (χ0v) is 9.06. The molecule has 1 rings (SSSR count). The highest BCUT2D eigenvalue weighted by Gasteiger charge is 2.18. The summed E-state index contributed by atoms with van der Waals surface area (Å²) in [4.78, 5) is 0. The molecule has 0 aliphatic heterocycles. The van der Waals surface area contributed by atoms with Crippen LogP contribution in [0.4, 0.5) is 10.1 Å². The number of hydrogen-bond acceptors (Lipinski definition) is 1. The van der Waals surface area contributed by atoms with Gasteiger partial charge in [-0.3, -0.25) is 0 Å². The van der Waals surface area contributed by atoms with E-state index in [1.807, 2.05) is 6.92 Å². The van der Waals surface area contributed by atoms with E-state index in [1.165, 1.54) is 0 Å². The highest BCUT2D eigenvalue weighted by atomic mass is 35.5. The van der Waals surface area contributed by atoms with E-state index in [2.05, 4.69) is 0 Å². The number of hydrogen-bond donors (Lipinski definition) is 1. The third kappa shape index (κ3) is 1.71. The van der Waals surface area contributed by atoms with Crippen LogP contribution in [0.1, 0.15) is 12.5 Å². The third-order valence-electron chi connectivity index (χ3n) is 1.74. The van der Waals surface area contributed by atoms with Gasteiger partial charge in [-0.2, -0.15) is 0 Å². The molecule has 13 heavy (non-hydrogen) atoms. The Morgan fingerprint density at radius 2 is 1.69 bits per heavy atom. The first-order valence-electron chi connectivity index (χ1n) is 3.61. The van der Waals surface area contributed by atoms with Gasteiger partial charge in [-0.15, -0.1) is 0 Å². The summed E-state index contributed by atoms with van der Waals surface area (Å²) in [5.41, 5.74) is 5.81. The minimum absolute atomic E-state index is 0.140. The third-order valence-corrected chi connectivity index (χ3v) is 3.04. The predicted octanol–water partition coefficient (Wildman–Crippen LogP) is 3.93. The van der Waals surface area contributed by atoms with Gasteiger partial charge in [0.05, 0.1) is 20.8 Å². The monoisotopic (exact) mass is 241 g/mol. The van der Waals surface area contributed by atoms with E-state index < -0.39 is 5.82 Å². The normalized spacial score (nSPS) is 10.5. The summed E-state index contributed by atoms with van der Waals surface area (Å²) in [5, 5.41) is 0.121. The standard InChI is InChI=1S/C8H7Cl3FN/c1-2-3-4(9)6(11)7(12)8(13)5(3)10/h2,13H2,1H3. The molecule has 0 aromatic heterocycles. The second-order valence-corrected chi connectivity index (χ2v) is 3.64. The Balaban J connectivity index is 3.56. The van der Waals surface area contributed by atoms with E-state index in [9.17, 15) is 4.39 Å². The van der Waals surface area contributed by atoms with E-state index in [4.69, 9.17) is 40.5 Å². The summed E-state index contributed by atoms with van der Waals surface area (Å²) in [6, 6.07) is 0. The first-order chi connectivity index (χ1) is 6.00. The second kappa shape index (κ2) is 3.91. The van der Waals surface area contributed by atoms with Crippen molar-refractivity contribution in [2.75, 3.05) is 5.73 Å². The predicted molar refractivity (Wildman–Crippen MR) is 55.2 cm³/mol. The van der Waals surface area contributed by atoms with Crippen molar-refractivity contribution in [2.24, 2.45) is 0 Å². The van der Waals surface area contributed by atoms with E-state index in [0.717, 1.165) is 0 Å². The molecule has 2 N–H and O–H groups in total. The second-order valence-electron chi connectivity index (χ2n) is 2.50. The fraction of sp³-hybridized carbons (Fsp3) is 0.250. The van der Waals surface area contributed by atoms with E-state index >= 15 is 0 Å². The largest absolute Gasteiger partial charge is 0.395 e. The molecule has 0 saturated heterocycles. The van der Waals surface area contributed by atoms with Crippen LogP contribution in [-0.2, 0) is 6.42 Å². The Kier molecular flexibility index (Phi) is 3.28. The number of nitrogen functional groups attached to an aromatic ring is 1. The maximum Gasteiger partial charge on any atom is 0.167 e.